The molecule has 0 aliphatic carbocycles. The van der Waals surface area contributed by atoms with Gasteiger partial charge in [0.1, 0.15) is 22.7 Å². The first kappa shape index (κ1) is 29.6. The second kappa shape index (κ2) is 11.2. The molecule has 1 aliphatic rings. The number of nitrogens with zero attached hydrogens (tertiary/aromatic N) is 4. The zero-order valence-corrected chi connectivity index (χ0v) is 25.1. The third kappa shape index (κ3) is 6.48. The largest absolute Gasteiger partial charge is 0.493 e. The summed E-state index contributed by atoms with van der Waals surface area (Å²) in [4.78, 5) is 35.2. The van der Waals surface area contributed by atoms with E-state index >= 15 is 0 Å². The van der Waals surface area contributed by atoms with E-state index in [0.29, 0.717) is 55.8 Å². The fourth-order valence-electron chi connectivity index (χ4n) is 4.72. The Morgan fingerprint density at radius 1 is 1.18 bits per heavy atom. The normalized spacial score (nSPS) is 15.2. The molecule has 40 heavy (non-hydrogen) atoms. The Labute approximate surface area is 234 Å². The third-order valence-electron chi connectivity index (χ3n) is 6.66. The van der Waals surface area contributed by atoms with Crippen LogP contribution in [0.15, 0.2) is 27.9 Å². The zero-order chi connectivity index (χ0) is 29.4. The number of aryl methyl sites for hydroxylation is 1. The van der Waals surface area contributed by atoms with Gasteiger partial charge >= 0.3 is 6.09 Å². The fraction of sp³-hybridized carbons (Fsp3) is 0.571. The van der Waals surface area contributed by atoms with Gasteiger partial charge in [0.15, 0.2) is 15.4 Å². The number of carbonyl (C=O) groups excluding carboxylic acids is 1. The highest BCUT2D eigenvalue weighted by molar-refractivity contribution is 7.90. The molecule has 1 aliphatic heterocycles. The van der Waals surface area contributed by atoms with E-state index in [-0.39, 0.29) is 34.3 Å². The molecular weight excluding hydrogens is 534 g/mol. The van der Waals surface area contributed by atoms with Crippen molar-refractivity contribution in [2.75, 3.05) is 26.0 Å². The first-order chi connectivity index (χ1) is 18.7. The van der Waals surface area contributed by atoms with Crippen LogP contribution in [0.25, 0.3) is 22.4 Å². The van der Waals surface area contributed by atoms with Crippen molar-refractivity contribution in [3.05, 3.63) is 34.2 Å². The number of rotatable bonds is 7. The van der Waals surface area contributed by atoms with Crippen molar-refractivity contribution in [2.24, 2.45) is 5.92 Å². The van der Waals surface area contributed by atoms with E-state index in [2.05, 4.69) is 10.1 Å². The number of carbonyl (C=O) groups is 1. The molecule has 3 aromatic rings. The summed E-state index contributed by atoms with van der Waals surface area (Å²) in [5.41, 5.74) is 0.909. The highest BCUT2D eigenvalue weighted by Crippen LogP contribution is 2.33. The fourth-order valence-corrected chi connectivity index (χ4v) is 5.37. The predicted octanol–water partition coefficient (Wildman–Crippen LogP) is 4.36. The Morgan fingerprint density at radius 2 is 1.85 bits per heavy atom. The van der Waals surface area contributed by atoms with Crippen molar-refractivity contribution in [3.63, 3.8) is 0 Å². The summed E-state index contributed by atoms with van der Waals surface area (Å²) < 4.78 is 38.0. The van der Waals surface area contributed by atoms with Crippen LogP contribution in [0.1, 0.15) is 66.1 Å². The summed E-state index contributed by atoms with van der Waals surface area (Å²) in [5.74, 6) is 0.892. The quantitative estimate of drug-likeness (QED) is 0.440. The summed E-state index contributed by atoms with van der Waals surface area (Å²) in [5, 5.41) is 4.66. The third-order valence-corrected chi connectivity index (χ3v) is 7.77. The maximum atomic E-state index is 13.3. The molecule has 0 bridgehead atoms. The number of aromatic nitrogens is 4. The zero-order valence-electron chi connectivity index (χ0n) is 24.3. The average Bonchev–Trinajstić information content (AvgIpc) is 3.25. The van der Waals surface area contributed by atoms with Crippen LogP contribution < -0.4 is 10.3 Å². The Kier molecular flexibility index (Phi) is 8.30. The number of ether oxygens (including phenoxy) is 2. The van der Waals surface area contributed by atoms with E-state index in [1.165, 1.54) is 12.1 Å². The van der Waals surface area contributed by atoms with Crippen molar-refractivity contribution in [2.45, 2.75) is 77.3 Å². The van der Waals surface area contributed by atoms with E-state index < -0.39 is 21.0 Å². The molecule has 11 nitrogen and oxygen atoms in total. The first-order valence-corrected chi connectivity index (χ1v) is 15.5. The summed E-state index contributed by atoms with van der Waals surface area (Å²) >= 11 is 0. The van der Waals surface area contributed by atoms with Gasteiger partial charge in [-0.05, 0) is 64.2 Å². The van der Waals surface area contributed by atoms with Gasteiger partial charge in [-0.15, -0.1) is 0 Å². The van der Waals surface area contributed by atoms with Crippen LogP contribution in [-0.2, 0) is 21.0 Å². The van der Waals surface area contributed by atoms with Crippen molar-refractivity contribution in [1.29, 1.82) is 0 Å². The number of amides is 1. The van der Waals surface area contributed by atoms with Crippen LogP contribution in [-0.4, -0.2) is 70.7 Å². The molecule has 12 heteroatoms. The van der Waals surface area contributed by atoms with Crippen LogP contribution in [0.2, 0.25) is 0 Å². The lowest BCUT2D eigenvalue weighted by Crippen LogP contribution is -2.42. The molecule has 218 valence electrons. The monoisotopic (exact) mass is 573 g/mol. The molecule has 1 amide bonds. The van der Waals surface area contributed by atoms with Gasteiger partial charge in [-0.2, -0.15) is 5.10 Å². The summed E-state index contributed by atoms with van der Waals surface area (Å²) in [7, 11) is -3.51. The molecule has 4 rings (SSSR count). The Morgan fingerprint density at radius 3 is 2.42 bits per heavy atom. The van der Waals surface area contributed by atoms with Gasteiger partial charge in [0, 0.05) is 19.3 Å². The van der Waals surface area contributed by atoms with Gasteiger partial charge in [0.2, 0.25) is 0 Å². The maximum Gasteiger partial charge on any atom is 0.410 e. The highest BCUT2D eigenvalue weighted by atomic mass is 32.2. The van der Waals surface area contributed by atoms with E-state index in [9.17, 15) is 18.0 Å². The Hall–Kier alpha value is -3.41. The van der Waals surface area contributed by atoms with Gasteiger partial charge in [-0.3, -0.25) is 9.48 Å². The van der Waals surface area contributed by atoms with Gasteiger partial charge in [-0.25, -0.2) is 18.2 Å². The van der Waals surface area contributed by atoms with E-state index in [1.807, 2.05) is 46.2 Å². The van der Waals surface area contributed by atoms with Crippen LogP contribution in [0.3, 0.4) is 0 Å². The highest BCUT2D eigenvalue weighted by Gasteiger charge is 2.30. The van der Waals surface area contributed by atoms with E-state index in [4.69, 9.17) is 14.5 Å². The number of nitrogens with one attached hydrogen (secondary N) is 1. The molecule has 1 fully saturated rings. The maximum absolute atomic E-state index is 13.3. The molecule has 3 heterocycles. The van der Waals surface area contributed by atoms with Gasteiger partial charge in [0.25, 0.3) is 5.56 Å². The number of H-pyrrole nitrogens is 1. The van der Waals surface area contributed by atoms with Gasteiger partial charge < -0.3 is 19.4 Å². The lowest BCUT2D eigenvalue weighted by molar-refractivity contribution is 0.0184. The second-order valence-electron chi connectivity index (χ2n) is 11.7. The van der Waals surface area contributed by atoms with Crippen molar-refractivity contribution in [1.82, 2.24) is 24.6 Å². The minimum Gasteiger partial charge on any atom is -0.493 e. The number of piperidine rings is 1. The minimum absolute atomic E-state index is 0.0100. The van der Waals surface area contributed by atoms with Gasteiger partial charge in [-0.1, -0.05) is 20.8 Å². The molecule has 0 saturated carbocycles. The molecule has 0 radical (unpaired) electrons. The van der Waals surface area contributed by atoms with Crippen LogP contribution in [0.5, 0.6) is 5.75 Å². The Balaban J connectivity index is 1.72. The molecule has 0 atom stereocenters. The molecule has 1 aromatic carbocycles. The van der Waals surface area contributed by atoms with Crippen LogP contribution >= 0.6 is 0 Å². The van der Waals surface area contributed by atoms with Gasteiger partial charge in [0.05, 0.1) is 28.8 Å². The number of sulfone groups is 1. The second-order valence-corrected chi connectivity index (χ2v) is 13.7. The van der Waals surface area contributed by atoms with Crippen LogP contribution in [0, 0.1) is 5.92 Å². The van der Waals surface area contributed by atoms with E-state index in [0.717, 1.165) is 11.9 Å². The molecular formula is C28H39N5O6S. The lowest BCUT2D eigenvalue weighted by Gasteiger charge is -2.34. The topological polar surface area (TPSA) is 136 Å². The number of hydrogen-bond donors (Lipinski definition) is 1. The lowest BCUT2D eigenvalue weighted by atomic mass is 10.0. The van der Waals surface area contributed by atoms with Crippen molar-refractivity contribution < 1.29 is 22.7 Å². The number of benzene rings is 1. The number of likely N-dealkylation sites (tertiary alicyclic amines) is 1. The summed E-state index contributed by atoms with van der Waals surface area (Å²) in [6.45, 7) is 13.0. The SMILES string of the molecule is CCc1c2nc(-c3cc(S(C)(=O)=O)ccc3OCC(C)C)[nH]c(=O)c2nn1C1CCN(C(=O)OC(C)(C)C)CC1. The molecule has 0 unspecified atom stereocenters. The molecule has 1 saturated heterocycles. The number of fused-ring (bicyclic) bond motifs is 1. The smallest absolute Gasteiger partial charge is 0.410 e. The summed E-state index contributed by atoms with van der Waals surface area (Å²) in [6.07, 6.45) is 2.71. The average molecular weight is 574 g/mol. The predicted molar refractivity (Wildman–Crippen MR) is 152 cm³/mol. The molecule has 2 aromatic heterocycles. The van der Waals surface area contributed by atoms with E-state index in [1.54, 1.807) is 11.0 Å². The minimum atomic E-state index is -3.51. The molecule has 1 N–H and O–H groups in total. The van der Waals surface area contributed by atoms with Crippen molar-refractivity contribution >= 4 is 27.0 Å². The number of hydrogen-bond acceptors (Lipinski definition) is 8. The first-order valence-electron chi connectivity index (χ1n) is 13.6. The standard InChI is InChI=1S/C28H39N5O6S/c1-8-21-23-24(31-33(21)18-11-13-32(14-12-18)27(35)39-28(4,5)6)26(34)30-25(29-23)20-15-19(40(7,36)37)9-10-22(20)38-16-17(2)3/h9-10,15,17-18H,8,11-14,16H2,1-7H3,(H,29,30,34). The Bertz CT molecular complexity index is 1560. The molecule has 0 spiro atoms. The summed E-state index contributed by atoms with van der Waals surface area (Å²) in [6, 6.07) is 4.56. The number of aromatic amines is 1. The van der Waals surface area contributed by atoms with Crippen molar-refractivity contribution in [3.8, 4) is 17.1 Å². The van der Waals surface area contributed by atoms with Crippen LogP contribution in [0.4, 0.5) is 4.79 Å².